The quantitative estimate of drug-likeness (QED) is 0.804. The second kappa shape index (κ2) is 6.90. The number of hydrogen-bond donors (Lipinski definition) is 1. The molecule has 2 aromatic rings. The van der Waals surface area contributed by atoms with E-state index in [0.717, 1.165) is 21.9 Å². The number of halogens is 1. The summed E-state index contributed by atoms with van der Waals surface area (Å²) in [5, 5.41) is 4.31. The molecule has 0 unspecified atom stereocenters. The van der Waals surface area contributed by atoms with Crippen LogP contribution in [0.5, 0.6) is 0 Å². The van der Waals surface area contributed by atoms with E-state index in [1.807, 2.05) is 13.0 Å². The molecule has 21 heavy (non-hydrogen) atoms. The Kier molecular flexibility index (Phi) is 5.41. The van der Waals surface area contributed by atoms with Crippen molar-refractivity contribution in [2.45, 2.75) is 49.8 Å². The van der Waals surface area contributed by atoms with E-state index >= 15 is 0 Å². The molecule has 0 saturated carbocycles. The molecule has 112 valence electrons. The molecule has 3 nitrogen and oxygen atoms in total. The fourth-order valence-corrected chi connectivity index (χ4v) is 3.03. The Morgan fingerprint density at radius 1 is 1.24 bits per heavy atom. The van der Waals surface area contributed by atoms with Crippen LogP contribution in [0.3, 0.4) is 0 Å². The van der Waals surface area contributed by atoms with Crippen LogP contribution in [0.2, 0.25) is 0 Å². The molecule has 0 atom stereocenters. The summed E-state index contributed by atoms with van der Waals surface area (Å²) in [4.78, 5) is 9.97. The zero-order valence-corrected chi connectivity index (χ0v) is 15.2. The maximum atomic E-state index is 4.46. The van der Waals surface area contributed by atoms with Crippen LogP contribution in [0.4, 0.5) is 0 Å². The van der Waals surface area contributed by atoms with Gasteiger partial charge in [-0.1, -0.05) is 15.9 Å². The van der Waals surface area contributed by atoms with E-state index in [9.17, 15) is 0 Å². The average Bonchev–Trinajstić information content (AvgIpc) is 2.38. The standard InChI is InChI=1S/C16H20BrN3S/c1-11-7-8-18-15(20-11)21-14-6-5-13(17)9-12(14)10-19-16(2,3)4/h5-9,19H,10H2,1-4H3. The lowest BCUT2D eigenvalue weighted by molar-refractivity contribution is 0.422. The number of aromatic nitrogens is 2. The lowest BCUT2D eigenvalue weighted by Gasteiger charge is -2.21. The van der Waals surface area contributed by atoms with Crippen LogP contribution >= 0.6 is 27.7 Å². The van der Waals surface area contributed by atoms with Gasteiger partial charge in [-0.15, -0.1) is 0 Å². The minimum Gasteiger partial charge on any atom is -0.308 e. The Balaban J connectivity index is 2.22. The summed E-state index contributed by atoms with van der Waals surface area (Å²) in [5.41, 5.74) is 2.32. The fraction of sp³-hybridized carbons (Fsp3) is 0.375. The largest absolute Gasteiger partial charge is 0.308 e. The van der Waals surface area contributed by atoms with Gasteiger partial charge in [0, 0.05) is 33.3 Å². The van der Waals surface area contributed by atoms with Crippen LogP contribution in [-0.4, -0.2) is 15.5 Å². The Labute approximate surface area is 139 Å². The zero-order chi connectivity index (χ0) is 15.5. The third-order valence-electron chi connectivity index (χ3n) is 2.81. The predicted octanol–water partition coefficient (Wildman–Crippen LogP) is 4.59. The third kappa shape index (κ3) is 5.41. The summed E-state index contributed by atoms with van der Waals surface area (Å²) in [6.07, 6.45) is 1.80. The zero-order valence-electron chi connectivity index (χ0n) is 12.8. The number of nitrogens with zero attached hydrogens (tertiary/aromatic N) is 2. The molecule has 0 saturated heterocycles. The van der Waals surface area contributed by atoms with Crippen molar-refractivity contribution in [3.63, 3.8) is 0 Å². The summed E-state index contributed by atoms with van der Waals surface area (Å²) in [6.45, 7) is 9.30. The second-order valence-electron chi connectivity index (χ2n) is 5.94. The first-order valence-electron chi connectivity index (χ1n) is 6.84. The van der Waals surface area contributed by atoms with E-state index in [2.05, 4.69) is 70.2 Å². The molecule has 0 fully saturated rings. The van der Waals surface area contributed by atoms with Crippen molar-refractivity contribution < 1.29 is 0 Å². The van der Waals surface area contributed by atoms with E-state index in [0.29, 0.717) is 0 Å². The van der Waals surface area contributed by atoms with E-state index in [4.69, 9.17) is 0 Å². The Bertz CT molecular complexity index is 623. The van der Waals surface area contributed by atoms with Crippen LogP contribution < -0.4 is 5.32 Å². The molecular weight excluding hydrogens is 346 g/mol. The van der Waals surface area contributed by atoms with Crippen molar-refractivity contribution in [1.29, 1.82) is 0 Å². The van der Waals surface area contributed by atoms with Crippen LogP contribution in [0.25, 0.3) is 0 Å². The van der Waals surface area contributed by atoms with Gasteiger partial charge in [-0.2, -0.15) is 0 Å². The van der Waals surface area contributed by atoms with Crippen LogP contribution in [-0.2, 0) is 6.54 Å². The minimum atomic E-state index is 0.0874. The van der Waals surface area contributed by atoms with Gasteiger partial charge < -0.3 is 5.32 Å². The van der Waals surface area contributed by atoms with Crippen molar-refractivity contribution in [3.05, 3.63) is 46.2 Å². The highest BCUT2D eigenvalue weighted by Gasteiger charge is 2.12. The SMILES string of the molecule is Cc1ccnc(Sc2ccc(Br)cc2CNC(C)(C)C)n1. The molecule has 1 aromatic carbocycles. The third-order valence-corrected chi connectivity index (χ3v) is 4.30. The van der Waals surface area contributed by atoms with Crippen molar-refractivity contribution >= 4 is 27.7 Å². The molecule has 0 radical (unpaired) electrons. The van der Waals surface area contributed by atoms with E-state index < -0.39 is 0 Å². The molecule has 0 amide bonds. The van der Waals surface area contributed by atoms with Gasteiger partial charge in [0.1, 0.15) is 0 Å². The number of benzene rings is 1. The van der Waals surface area contributed by atoms with Gasteiger partial charge in [0.25, 0.3) is 0 Å². The Hall–Kier alpha value is -0.910. The molecule has 0 spiro atoms. The summed E-state index contributed by atoms with van der Waals surface area (Å²) in [7, 11) is 0. The van der Waals surface area contributed by atoms with Gasteiger partial charge in [0.15, 0.2) is 5.16 Å². The predicted molar refractivity (Wildman–Crippen MR) is 91.6 cm³/mol. The maximum absolute atomic E-state index is 4.46. The topological polar surface area (TPSA) is 37.8 Å². The van der Waals surface area contributed by atoms with Gasteiger partial charge in [0.05, 0.1) is 0 Å². The molecule has 2 rings (SSSR count). The van der Waals surface area contributed by atoms with E-state index in [1.54, 1.807) is 18.0 Å². The van der Waals surface area contributed by atoms with Crippen molar-refractivity contribution in [1.82, 2.24) is 15.3 Å². The molecule has 5 heteroatoms. The van der Waals surface area contributed by atoms with Gasteiger partial charge >= 0.3 is 0 Å². The molecule has 1 N–H and O–H groups in total. The van der Waals surface area contributed by atoms with Gasteiger partial charge in [-0.3, -0.25) is 0 Å². The van der Waals surface area contributed by atoms with E-state index in [1.165, 1.54) is 10.5 Å². The summed E-state index contributed by atoms with van der Waals surface area (Å²) in [5.74, 6) is 0. The number of nitrogens with one attached hydrogen (secondary N) is 1. The van der Waals surface area contributed by atoms with Crippen molar-refractivity contribution in [2.24, 2.45) is 0 Å². The first kappa shape index (κ1) is 16.5. The lowest BCUT2D eigenvalue weighted by Crippen LogP contribution is -2.35. The normalized spacial score (nSPS) is 11.7. The molecule has 0 aliphatic carbocycles. The molecular formula is C16H20BrN3S. The minimum absolute atomic E-state index is 0.0874. The first-order valence-corrected chi connectivity index (χ1v) is 8.45. The highest BCUT2D eigenvalue weighted by Crippen LogP contribution is 2.30. The molecule has 0 aliphatic rings. The number of rotatable bonds is 4. The van der Waals surface area contributed by atoms with E-state index in [-0.39, 0.29) is 5.54 Å². The second-order valence-corrected chi connectivity index (χ2v) is 7.86. The smallest absolute Gasteiger partial charge is 0.192 e. The molecule has 1 aromatic heterocycles. The summed E-state index contributed by atoms with van der Waals surface area (Å²) < 4.78 is 1.09. The van der Waals surface area contributed by atoms with Crippen LogP contribution in [0, 0.1) is 6.92 Å². The number of aryl methyl sites for hydroxylation is 1. The van der Waals surface area contributed by atoms with Gasteiger partial charge in [-0.05, 0) is 69.3 Å². The Morgan fingerprint density at radius 2 is 2.00 bits per heavy atom. The average molecular weight is 366 g/mol. The molecule has 0 bridgehead atoms. The van der Waals surface area contributed by atoms with Crippen LogP contribution in [0.1, 0.15) is 32.0 Å². The molecule has 0 aliphatic heterocycles. The Morgan fingerprint density at radius 3 is 2.67 bits per heavy atom. The van der Waals surface area contributed by atoms with Crippen LogP contribution in [0.15, 0.2) is 45.0 Å². The van der Waals surface area contributed by atoms with Gasteiger partial charge in [-0.25, -0.2) is 9.97 Å². The maximum Gasteiger partial charge on any atom is 0.192 e. The highest BCUT2D eigenvalue weighted by molar-refractivity contribution is 9.10. The summed E-state index contributed by atoms with van der Waals surface area (Å²) in [6, 6.07) is 8.23. The monoisotopic (exact) mass is 365 g/mol. The first-order chi connectivity index (χ1) is 9.83. The highest BCUT2D eigenvalue weighted by atomic mass is 79.9. The van der Waals surface area contributed by atoms with Gasteiger partial charge in [0.2, 0.25) is 0 Å². The fourth-order valence-electron chi connectivity index (χ4n) is 1.72. The van der Waals surface area contributed by atoms with Crippen molar-refractivity contribution in [2.75, 3.05) is 0 Å². The summed E-state index contributed by atoms with van der Waals surface area (Å²) >= 11 is 5.15. The van der Waals surface area contributed by atoms with Crippen molar-refractivity contribution in [3.8, 4) is 0 Å². The molecule has 1 heterocycles. The number of hydrogen-bond acceptors (Lipinski definition) is 4. The lowest BCUT2D eigenvalue weighted by atomic mass is 10.1.